The van der Waals surface area contributed by atoms with Crippen LogP contribution in [0.1, 0.15) is 52.7 Å². The van der Waals surface area contributed by atoms with Crippen molar-refractivity contribution in [3.63, 3.8) is 0 Å². The fourth-order valence-electron chi connectivity index (χ4n) is 5.96. The lowest BCUT2D eigenvalue weighted by molar-refractivity contribution is 1.00. The molecule has 150 valence electrons. The summed E-state index contributed by atoms with van der Waals surface area (Å²) in [6, 6.07) is 24.9. The highest BCUT2D eigenvalue weighted by molar-refractivity contribution is 6.81. The van der Waals surface area contributed by atoms with Gasteiger partial charge in [-0.25, -0.2) is 0 Å². The maximum Gasteiger partial charge on any atom is 0.0719 e. The second-order valence-electron chi connectivity index (χ2n) is 9.74. The quantitative estimate of drug-likeness (QED) is 0.385. The third-order valence-electron chi connectivity index (χ3n) is 7.28. The minimum Gasteiger partial charge on any atom is -0.0761 e. The monoisotopic (exact) mass is 406 g/mol. The Morgan fingerprint density at radius 2 is 1.50 bits per heavy atom. The first-order chi connectivity index (χ1) is 14.4. The van der Waals surface area contributed by atoms with Crippen LogP contribution in [-0.4, -0.2) is 8.07 Å². The molecule has 2 aliphatic carbocycles. The molecular formula is C29H30Si. The summed E-state index contributed by atoms with van der Waals surface area (Å²) in [4.78, 5) is 0. The van der Waals surface area contributed by atoms with E-state index in [1.807, 2.05) is 0 Å². The van der Waals surface area contributed by atoms with Crippen molar-refractivity contribution >= 4 is 19.7 Å². The smallest absolute Gasteiger partial charge is 0.0719 e. The summed E-state index contributed by atoms with van der Waals surface area (Å²) in [6.07, 6.45) is 5.02. The molecule has 0 radical (unpaired) electrons. The van der Waals surface area contributed by atoms with Gasteiger partial charge >= 0.3 is 0 Å². The summed E-state index contributed by atoms with van der Waals surface area (Å²) in [5.74, 6) is 0. The highest BCUT2D eigenvalue weighted by Gasteiger charge is 2.46. The van der Waals surface area contributed by atoms with Crippen LogP contribution in [0.3, 0.4) is 0 Å². The number of hydrogen-bond donors (Lipinski definition) is 0. The zero-order valence-corrected chi connectivity index (χ0v) is 19.7. The average molecular weight is 407 g/mol. The van der Waals surface area contributed by atoms with Gasteiger partial charge in [-0.3, -0.25) is 0 Å². The fraction of sp³-hybridized carbons (Fsp3) is 0.241. The SMILES string of the molecule is CC1=CC([Si](C)(C)C2C(C)=Cc3cccc(-c4cccc(C)c4)c32)c2ccccc21. The first-order valence-corrected chi connectivity index (χ1v) is 14.2. The van der Waals surface area contributed by atoms with E-state index in [0.29, 0.717) is 11.1 Å². The molecular weight excluding hydrogens is 376 g/mol. The van der Waals surface area contributed by atoms with Crippen molar-refractivity contribution in [3.8, 4) is 11.1 Å². The third kappa shape index (κ3) is 2.87. The molecule has 0 fully saturated rings. The van der Waals surface area contributed by atoms with Crippen LogP contribution in [0, 0.1) is 6.92 Å². The van der Waals surface area contributed by atoms with Gasteiger partial charge in [0.25, 0.3) is 0 Å². The Morgan fingerprint density at radius 1 is 0.767 bits per heavy atom. The average Bonchev–Trinajstić information content (AvgIpc) is 3.25. The van der Waals surface area contributed by atoms with Gasteiger partial charge < -0.3 is 0 Å². The van der Waals surface area contributed by atoms with Crippen LogP contribution in [0.4, 0.5) is 0 Å². The predicted molar refractivity (Wildman–Crippen MR) is 133 cm³/mol. The van der Waals surface area contributed by atoms with Crippen molar-refractivity contribution in [3.05, 3.63) is 106 Å². The zero-order chi connectivity index (χ0) is 21.0. The number of rotatable bonds is 3. The topological polar surface area (TPSA) is 0 Å². The van der Waals surface area contributed by atoms with E-state index in [1.54, 1.807) is 11.1 Å². The fourth-order valence-corrected chi connectivity index (χ4v) is 10.4. The molecule has 0 spiro atoms. The molecule has 0 saturated carbocycles. The second-order valence-corrected chi connectivity index (χ2v) is 14.6. The minimum absolute atomic E-state index is 0.532. The van der Waals surface area contributed by atoms with Gasteiger partial charge in [0.1, 0.15) is 0 Å². The molecule has 3 aromatic rings. The standard InChI is InChI=1S/C29H30Si/c1-19-10-8-11-22(16-19)25-15-9-12-23-17-21(3)29(28(23)25)30(4,5)27-18-20(2)24-13-6-7-14-26(24)27/h6-18,27,29H,1-5H3. The summed E-state index contributed by atoms with van der Waals surface area (Å²) in [7, 11) is -1.77. The van der Waals surface area contributed by atoms with Crippen molar-refractivity contribution < 1.29 is 0 Å². The van der Waals surface area contributed by atoms with Crippen LogP contribution < -0.4 is 0 Å². The summed E-state index contributed by atoms with van der Waals surface area (Å²) < 4.78 is 0. The van der Waals surface area contributed by atoms with Crippen molar-refractivity contribution in [1.82, 2.24) is 0 Å². The Kier molecular flexibility index (Phi) is 4.48. The van der Waals surface area contributed by atoms with Gasteiger partial charge in [0.05, 0.1) is 8.07 Å². The first-order valence-electron chi connectivity index (χ1n) is 11.0. The minimum atomic E-state index is -1.77. The second kappa shape index (κ2) is 6.96. The number of hydrogen-bond acceptors (Lipinski definition) is 0. The van der Waals surface area contributed by atoms with Crippen LogP contribution in [-0.2, 0) is 0 Å². The number of allylic oxidation sites excluding steroid dienone is 3. The summed E-state index contributed by atoms with van der Waals surface area (Å²) in [5, 5.41) is 0. The molecule has 0 saturated heterocycles. The van der Waals surface area contributed by atoms with Crippen LogP contribution in [0.25, 0.3) is 22.8 Å². The molecule has 2 atom stereocenters. The summed E-state index contributed by atoms with van der Waals surface area (Å²) in [5.41, 5.74) is 14.1. The molecule has 2 aliphatic rings. The molecule has 0 nitrogen and oxygen atoms in total. The molecule has 0 N–H and O–H groups in total. The predicted octanol–water partition coefficient (Wildman–Crippen LogP) is 8.15. The molecule has 0 heterocycles. The lowest BCUT2D eigenvalue weighted by Crippen LogP contribution is -2.41. The third-order valence-corrected chi connectivity index (χ3v) is 11.6. The van der Waals surface area contributed by atoms with Gasteiger partial charge in [-0.05, 0) is 65.3 Å². The summed E-state index contributed by atoms with van der Waals surface area (Å²) >= 11 is 0. The van der Waals surface area contributed by atoms with Crippen molar-refractivity contribution in [2.45, 2.75) is 44.9 Å². The molecule has 0 bridgehead atoms. The lowest BCUT2D eigenvalue weighted by atomic mass is 9.95. The van der Waals surface area contributed by atoms with Crippen LogP contribution in [0.15, 0.2) is 78.4 Å². The maximum atomic E-state index is 2.60. The van der Waals surface area contributed by atoms with Gasteiger partial charge in [-0.1, -0.05) is 103 Å². The molecule has 1 heteroatoms. The summed E-state index contributed by atoms with van der Waals surface area (Å²) in [6.45, 7) is 12.0. The van der Waals surface area contributed by atoms with E-state index in [0.717, 1.165) is 0 Å². The largest absolute Gasteiger partial charge is 0.0761 e. The normalized spacial score (nSPS) is 19.9. The van der Waals surface area contributed by atoms with Gasteiger partial charge in [-0.2, -0.15) is 0 Å². The lowest BCUT2D eigenvalue weighted by Gasteiger charge is -2.38. The number of benzene rings is 3. The Morgan fingerprint density at radius 3 is 2.30 bits per heavy atom. The Labute approximate surface area is 182 Å². The van der Waals surface area contributed by atoms with E-state index in [9.17, 15) is 0 Å². The van der Waals surface area contributed by atoms with Crippen LogP contribution in [0.2, 0.25) is 13.1 Å². The van der Waals surface area contributed by atoms with Crippen LogP contribution in [0.5, 0.6) is 0 Å². The van der Waals surface area contributed by atoms with E-state index in [1.165, 1.54) is 39.0 Å². The van der Waals surface area contributed by atoms with Crippen LogP contribution >= 0.6 is 0 Å². The Bertz CT molecular complexity index is 1210. The van der Waals surface area contributed by atoms with Crippen molar-refractivity contribution in [2.24, 2.45) is 0 Å². The molecule has 30 heavy (non-hydrogen) atoms. The molecule has 0 amide bonds. The van der Waals surface area contributed by atoms with Gasteiger partial charge in [0.15, 0.2) is 0 Å². The number of fused-ring (bicyclic) bond motifs is 2. The Balaban J connectivity index is 1.67. The molecule has 3 aromatic carbocycles. The molecule has 2 unspecified atom stereocenters. The maximum absolute atomic E-state index is 2.60. The van der Waals surface area contributed by atoms with E-state index in [-0.39, 0.29) is 0 Å². The van der Waals surface area contributed by atoms with Crippen molar-refractivity contribution in [1.29, 1.82) is 0 Å². The highest BCUT2D eigenvalue weighted by Crippen LogP contribution is 2.53. The van der Waals surface area contributed by atoms with Gasteiger partial charge in [-0.15, -0.1) is 0 Å². The molecule has 5 rings (SSSR count). The first kappa shape index (κ1) is 19.3. The van der Waals surface area contributed by atoms with Crippen molar-refractivity contribution in [2.75, 3.05) is 0 Å². The van der Waals surface area contributed by atoms with E-state index < -0.39 is 8.07 Å². The van der Waals surface area contributed by atoms with Gasteiger partial charge in [0.2, 0.25) is 0 Å². The zero-order valence-electron chi connectivity index (χ0n) is 18.7. The molecule has 0 aromatic heterocycles. The van der Waals surface area contributed by atoms with E-state index in [4.69, 9.17) is 0 Å². The van der Waals surface area contributed by atoms with E-state index >= 15 is 0 Å². The molecule has 0 aliphatic heterocycles. The number of aryl methyl sites for hydroxylation is 1. The Hall–Kier alpha value is -2.64. The highest BCUT2D eigenvalue weighted by atomic mass is 28.3. The van der Waals surface area contributed by atoms with E-state index in [2.05, 4.69) is 113 Å². The van der Waals surface area contributed by atoms with Gasteiger partial charge in [0, 0.05) is 5.54 Å².